The summed E-state index contributed by atoms with van der Waals surface area (Å²) in [5, 5.41) is 0. The summed E-state index contributed by atoms with van der Waals surface area (Å²) in [4.78, 5) is 32.1. The van der Waals surface area contributed by atoms with E-state index in [2.05, 4.69) is 9.97 Å². The van der Waals surface area contributed by atoms with Crippen LogP contribution in [0.25, 0.3) is 34.1 Å². The molecule has 2 aliphatic rings. The molecule has 3 heterocycles. The van der Waals surface area contributed by atoms with Crippen molar-refractivity contribution in [1.29, 1.82) is 0 Å². The van der Waals surface area contributed by atoms with Crippen LogP contribution in [0.3, 0.4) is 0 Å². The van der Waals surface area contributed by atoms with Gasteiger partial charge < -0.3 is 14.0 Å². The standard InChI is InChI=1S/C30H26N6O5S/c1-40-22-10-4-19(5-11-22)16-35-18-31-25-26-29(36(30(37)32-26)17-20-6-12-23(41-2)13-7-20)34-27(33-28(25)35)21-8-14-24(15-9-21)42(3,38)39/h4-15,18H,16-17H2,1-3H3. The minimum atomic E-state index is -3.39. The van der Waals surface area contributed by atoms with E-state index in [-0.39, 0.29) is 11.4 Å². The van der Waals surface area contributed by atoms with Crippen LogP contribution < -0.4 is 15.2 Å². The predicted molar refractivity (Wildman–Crippen MR) is 157 cm³/mol. The highest BCUT2D eigenvalue weighted by molar-refractivity contribution is 7.90. The van der Waals surface area contributed by atoms with Crippen LogP contribution in [0.5, 0.6) is 11.5 Å². The van der Waals surface area contributed by atoms with Gasteiger partial charge in [0.05, 0.1) is 38.5 Å². The van der Waals surface area contributed by atoms with Crippen molar-refractivity contribution < 1.29 is 17.9 Å². The van der Waals surface area contributed by atoms with Crippen LogP contribution in [0.15, 0.2) is 88.8 Å². The SMILES string of the molecule is COc1ccc(Cn2c3nc(-c4ccc(S(C)(=O)=O)cc4)nc4c(ncn4Cc4ccc(OC)cc4)c-3nc2=O)cc1. The molecule has 0 spiro atoms. The maximum atomic E-state index is 13.2. The number of imidazole rings is 2. The molecule has 12 heteroatoms. The summed E-state index contributed by atoms with van der Waals surface area (Å²) in [7, 11) is -0.188. The summed E-state index contributed by atoms with van der Waals surface area (Å²) in [6, 6.07) is 21.4. The Kier molecular flexibility index (Phi) is 6.91. The third-order valence-corrected chi connectivity index (χ3v) is 8.04. The molecule has 212 valence electrons. The molecule has 0 bridgehead atoms. The number of methoxy groups -OCH3 is 2. The van der Waals surface area contributed by atoms with E-state index in [9.17, 15) is 13.2 Å². The molecule has 3 aromatic carbocycles. The van der Waals surface area contributed by atoms with E-state index in [1.807, 2.05) is 53.1 Å². The number of nitrogens with zero attached hydrogens (tertiary/aromatic N) is 6. The number of benzene rings is 3. The molecule has 0 radical (unpaired) electrons. The van der Waals surface area contributed by atoms with Gasteiger partial charge in [0.15, 0.2) is 27.1 Å². The van der Waals surface area contributed by atoms with Crippen LogP contribution in [-0.4, -0.2) is 58.0 Å². The smallest absolute Gasteiger partial charge is 0.350 e. The van der Waals surface area contributed by atoms with Crippen molar-refractivity contribution in [2.45, 2.75) is 18.0 Å². The fourth-order valence-corrected chi connectivity index (χ4v) is 5.29. The zero-order chi connectivity index (χ0) is 29.4. The lowest BCUT2D eigenvalue weighted by Gasteiger charge is -2.06. The first-order valence-electron chi connectivity index (χ1n) is 12.9. The number of fused-ring (bicyclic) bond motifs is 3. The van der Waals surface area contributed by atoms with Gasteiger partial charge in [0, 0.05) is 11.8 Å². The lowest BCUT2D eigenvalue weighted by atomic mass is 10.2. The maximum absolute atomic E-state index is 13.2. The molecule has 42 heavy (non-hydrogen) atoms. The van der Waals surface area contributed by atoms with E-state index in [0.717, 1.165) is 23.1 Å². The molecule has 0 saturated carbocycles. The van der Waals surface area contributed by atoms with Crippen LogP contribution in [0.4, 0.5) is 0 Å². The van der Waals surface area contributed by atoms with E-state index in [1.165, 1.54) is 16.7 Å². The average molecular weight is 583 g/mol. The molecule has 0 aliphatic carbocycles. The Morgan fingerprint density at radius 3 is 1.93 bits per heavy atom. The fraction of sp³-hybridized carbons (Fsp3) is 0.167. The molecule has 0 saturated heterocycles. The first-order valence-corrected chi connectivity index (χ1v) is 14.8. The summed E-state index contributed by atoms with van der Waals surface area (Å²) in [5.74, 6) is 2.06. The summed E-state index contributed by atoms with van der Waals surface area (Å²) >= 11 is 0. The van der Waals surface area contributed by atoms with E-state index < -0.39 is 15.5 Å². The molecule has 0 fully saturated rings. The number of hydrogen-bond donors (Lipinski definition) is 0. The van der Waals surface area contributed by atoms with Gasteiger partial charge in [-0.05, 0) is 59.7 Å². The third-order valence-electron chi connectivity index (χ3n) is 6.92. The predicted octanol–water partition coefficient (Wildman–Crippen LogP) is 3.67. The van der Waals surface area contributed by atoms with E-state index in [4.69, 9.17) is 19.4 Å². The number of ether oxygens (including phenoxy) is 2. The fourth-order valence-electron chi connectivity index (χ4n) is 4.66. The highest BCUT2D eigenvalue weighted by Crippen LogP contribution is 2.28. The second-order valence-corrected chi connectivity index (χ2v) is 11.8. The van der Waals surface area contributed by atoms with Crippen molar-refractivity contribution in [2.24, 2.45) is 0 Å². The molecular formula is C30H26N6O5S. The van der Waals surface area contributed by atoms with Gasteiger partial charge in [0.25, 0.3) is 0 Å². The van der Waals surface area contributed by atoms with Crippen LogP contribution in [0.2, 0.25) is 0 Å². The van der Waals surface area contributed by atoms with Crippen molar-refractivity contribution in [3.05, 3.63) is 101 Å². The number of sulfone groups is 1. The second-order valence-electron chi connectivity index (χ2n) is 9.74. The van der Waals surface area contributed by atoms with Crippen LogP contribution in [0.1, 0.15) is 11.1 Å². The molecule has 0 unspecified atom stereocenters. The Morgan fingerprint density at radius 2 is 1.36 bits per heavy atom. The molecule has 0 atom stereocenters. The van der Waals surface area contributed by atoms with Gasteiger partial charge in [0.2, 0.25) is 0 Å². The second kappa shape index (κ2) is 10.7. The van der Waals surface area contributed by atoms with Crippen molar-refractivity contribution in [1.82, 2.24) is 29.1 Å². The van der Waals surface area contributed by atoms with E-state index in [0.29, 0.717) is 46.4 Å². The molecule has 1 aromatic heterocycles. The molecule has 11 nitrogen and oxygen atoms in total. The lowest BCUT2D eigenvalue weighted by molar-refractivity contribution is 0.414. The van der Waals surface area contributed by atoms with Gasteiger partial charge in [-0.25, -0.2) is 28.2 Å². The van der Waals surface area contributed by atoms with Crippen molar-refractivity contribution >= 4 is 21.0 Å². The van der Waals surface area contributed by atoms with Crippen molar-refractivity contribution in [3.63, 3.8) is 0 Å². The van der Waals surface area contributed by atoms with Gasteiger partial charge in [0.1, 0.15) is 22.7 Å². The van der Waals surface area contributed by atoms with E-state index in [1.54, 1.807) is 32.7 Å². The molecule has 0 amide bonds. The van der Waals surface area contributed by atoms with Crippen molar-refractivity contribution in [2.75, 3.05) is 20.5 Å². The summed E-state index contributed by atoms with van der Waals surface area (Å²) in [6.07, 6.45) is 2.81. The normalized spacial score (nSPS) is 11.7. The van der Waals surface area contributed by atoms with Gasteiger partial charge >= 0.3 is 5.69 Å². The minimum Gasteiger partial charge on any atom is -0.497 e. The summed E-state index contributed by atoms with van der Waals surface area (Å²) in [6.45, 7) is 0.666. The largest absolute Gasteiger partial charge is 0.497 e. The number of aromatic nitrogens is 6. The van der Waals surface area contributed by atoms with Crippen LogP contribution in [-0.2, 0) is 22.9 Å². The Hall–Kier alpha value is -5.10. The van der Waals surface area contributed by atoms with Gasteiger partial charge in [-0.3, -0.25) is 4.57 Å². The quantitative estimate of drug-likeness (QED) is 0.264. The molecular weight excluding hydrogens is 556 g/mol. The Balaban J connectivity index is 1.52. The van der Waals surface area contributed by atoms with Gasteiger partial charge in [-0.2, -0.15) is 4.98 Å². The first-order chi connectivity index (χ1) is 20.2. The topological polar surface area (TPSA) is 131 Å². The Labute approximate surface area is 241 Å². The zero-order valence-corrected chi connectivity index (χ0v) is 23.9. The monoisotopic (exact) mass is 582 g/mol. The third kappa shape index (κ3) is 5.19. The van der Waals surface area contributed by atoms with Crippen molar-refractivity contribution in [3.8, 4) is 34.4 Å². The highest BCUT2D eigenvalue weighted by atomic mass is 32.2. The van der Waals surface area contributed by atoms with Crippen LogP contribution >= 0.6 is 0 Å². The van der Waals surface area contributed by atoms with E-state index >= 15 is 0 Å². The Morgan fingerprint density at radius 1 is 0.762 bits per heavy atom. The molecule has 4 aromatic rings. The Bertz CT molecular complexity index is 2030. The summed E-state index contributed by atoms with van der Waals surface area (Å²) < 4.78 is 38.0. The molecule has 0 N–H and O–H groups in total. The van der Waals surface area contributed by atoms with Gasteiger partial charge in [-0.15, -0.1) is 0 Å². The minimum absolute atomic E-state index is 0.179. The zero-order valence-electron chi connectivity index (χ0n) is 23.1. The summed E-state index contributed by atoms with van der Waals surface area (Å²) in [5.41, 5.74) is 3.17. The molecule has 2 aliphatic heterocycles. The maximum Gasteiger partial charge on any atom is 0.350 e. The average Bonchev–Trinajstić information content (AvgIpc) is 3.47. The number of rotatable bonds is 8. The first kappa shape index (κ1) is 27.1. The molecule has 6 rings (SSSR count). The number of hydrogen-bond acceptors (Lipinski definition) is 9. The van der Waals surface area contributed by atoms with Crippen LogP contribution in [0, 0.1) is 0 Å². The lowest BCUT2D eigenvalue weighted by Crippen LogP contribution is -2.18. The highest BCUT2D eigenvalue weighted by Gasteiger charge is 2.24. The van der Waals surface area contributed by atoms with Gasteiger partial charge in [-0.1, -0.05) is 24.3 Å².